The lowest BCUT2D eigenvalue weighted by Gasteiger charge is -2.33. The molecule has 4 heterocycles. The van der Waals surface area contributed by atoms with E-state index in [4.69, 9.17) is 9.72 Å². The van der Waals surface area contributed by atoms with Gasteiger partial charge in [0.15, 0.2) is 0 Å². The quantitative estimate of drug-likeness (QED) is 0.463. The summed E-state index contributed by atoms with van der Waals surface area (Å²) >= 11 is 1.77. The van der Waals surface area contributed by atoms with Crippen LogP contribution < -0.4 is 20.3 Å². The minimum atomic E-state index is -0.354. The Hall–Kier alpha value is -3.56. The van der Waals surface area contributed by atoms with Crippen molar-refractivity contribution in [2.45, 2.75) is 25.8 Å². The summed E-state index contributed by atoms with van der Waals surface area (Å²) in [6.45, 7) is 3.51. The maximum absolute atomic E-state index is 13.3. The maximum atomic E-state index is 13.3. The number of nitriles is 1. The van der Waals surface area contributed by atoms with Crippen LogP contribution in [0.15, 0.2) is 18.3 Å². The van der Waals surface area contributed by atoms with Crippen LogP contribution in [0, 0.1) is 11.3 Å². The molecule has 38 heavy (non-hydrogen) atoms. The number of nitrogens with one attached hydrogen (secondary N) is 2. The number of aromatic nitrogens is 2. The standard InChI is InChI=1S/C26H34N8O3S/c1-32-9-10-33(23(35)17-32)16-19-12-18-6-4-8-34(24(18)31-25(19)37-2)26(36)30-22-13-21(20(14-27)15-29-22)28-7-5-11-38-3/h12-13,15H,4-11,16-17H2,1-3H3,(H2,28,29,30,36). The lowest BCUT2D eigenvalue weighted by atomic mass is 10.0. The van der Waals surface area contributed by atoms with E-state index in [1.165, 1.54) is 6.20 Å². The zero-order valence-electron chi connectivity index (χ0n) is 22.1. The number of methoxy groups -OCH3 is 1. The molecular weight excluding hydrogens is 504 g/mol. The fourth-order valence-electron chi connectivity index (χ4n) is 4.59. The van der Waals surface area contributed by atoms with Crippen LogP contribution in [0.5, 0.6) is 5.88 Å². The molecule has 0 spiro atoms. The van der Waals surface area contributed by atoms with E-state index >= 15 is 0 Å². The summed E-state index contributed by atoms with van der Waals surface area (Å²) in [6, 6.07) is 5.48. The summed E-state index contributed by atoms with van der Waals surface area (Å²) in [5.74, 6) is 2.40. The first kappa shape index (κ1) is 27.5. The second-order valence-corrected chi connectivity index (χ2v) is 10.4. The van der Waals surface area contributed by atoms with Gasteiger partial charge in [-0.05, 0) is 49.9 Å². The third kappa shape index (κ3) is 6.46. The summed E-state index contributed by atoms with van der Waals surface area (Å²) in [5, 5.41) is 15.6. The molecule has 0 unspecified atom stereocenters. The Morgan fingerprint density at radius 3 is 2.87 bits per heavy atom. The number of carbonyl (C=O) groups excluding carboxylic acids is 2. The van der Waals surface area contributed by atoms with Crippen LogP contribution in [-0.4, -0.2) is 90.6 Å². The predicted molar refractivity (Wildman–Crippen MR) is 149 cm³/mol. The summed E-state index contributed by atoms with van der Waals surface area (Å²) in [5.41, 5.74) is 2.83. The summed E-state index contributed by atoms with van der Waals surface area (Å²) in [7, 11) is 3.49. The number of ether oxygens (including phenoxy) is 1. The third-order valence-electron chi connectivity index (χ3n) is 6.61. The van der Waals surface area contributed by atoms with Gasteiger partial charge in [0.05, 0.1) is 31.5 Å². The number of aryl methyl sites for hydroxylation is 1. The molecule has 0 aliphatic carbocycles. The number of likely N-dealkylation sites (N-methyl/N-ethyl adjacent to an activating group) is 1. The fourth-order valence-corrected chi connectivity index (χ4v) is 5.02. The zero-order valence-corrected chi connectivity index (χ0v) is 22.9. The van der Waals surface area contributed by atoms with Crippen LogP contribution in [0.25, 0.3) is 0 Å². The van der Waals surface area contributed by atoms with Gasteiger partial charge in [0, 0.05) is 44.0 Å². The maximum Gasteiger partial charge on any atom is 0.328 e. The molecule has 1 saturated heterocycles. The van der Waals surface area contributed by atoms with Crippen LogP contribution in [0.1, 0.15) is 29.5 Å². The van der Waals surface area contributed by atoms with Gasteiger partial charge in [-0.25, -0.2) is 9.78 Å². The highest BCUT2D eigenvalue weighted by Crippen LogP contribution is 2.32. The van der Waals surface area contributed by atoms with Gasteiger partial charge in [0.2, 0.25) is 11.8 Å². The molecule has 2 aromatic heterocycles. The number of amides is 3. The lowest BCUT2D eigenvalue weighted by Crippen LogP contribution is -2.48. The number of fused-ring (bicyclic) bond motifs is 1. The van der Waals surface area contributed by atoms with Crippen LogP contribution in [-0.2, 0) is 17.8 Å². The minimum Gasteiger partial charge on any atom is -0.481 e. The highest BCUT2D eigenvalue weighted by atomic mass is 32.2. The topological polar surface area (TPSA) is 127 Å². The Morgan fingerprint density at radius 2 is 2.13 bits per heavy atom. The average molecular weight is 539 g/mol. The molecule has 3 amide bonds. The number of hydrogen-bond acceptors (Lipinski definition) is 9. The van der Waals surface area contributed by atoms with Crippen molar-refractivity contribution in [1.29, 1.82) is 5.26 Å². The number of nitrogens with zero attached hydrogens (tertiary/aromatic N) is 6. The molecular formula is C26H34N8O3S. The van der Waals surface area contributed by atoms with Crippen LogP contribution in [0.3, 0.4) is 0 Å². The molecule has 202 valence electrons. The van der Waals surface area contributed by atoms with Crippen LogP contribution in [0.4, 0.5) is 22.1 Å². The van der Waals surface area contributed by atoms with Crippen molar-refractivity contribution in [3.63, 3.8) is 0 Å². The predicted octanol–water partition coefficient (Wildman–Crippen LogP) is 2.78. The number of pyridine rings is 2. The Kier molecular flexibility index (Phi) is 9.25. The SMILES string of the molecule is COc1nc2c(cc1CN1CCN(C)CC1=O)CCCN2C(=O)Nc1cc(NCCCSC)c(C#N)cn1. The molecule has 0 radical (unpaired) electrons. The van der Waals surface area contributed by atoms with Crippen molar-refractivity contribution >= 4 is 41.0 Å². The smallest absolute Gasteiger partial charge is 0.328 e. The minimum absolute atomic E-state index is 0.0764. The normalized spacial score (nSPS) is 15.6. The molecule has 0 bridgehead atoms. The van der Waals surface area contributed by atoms with Crippen LogP contribution >= 0.6 is 11.8 Å². The number of rotatable bonds is 9. The van der Waals surface area contributed by atoms with Gasteiger partial charge in [-0.1, -0.05) is 0 Å². The first-order valence-corrected chi connectivity index (χ1v) is 14.1. The summed E-state index contributed by atoms with van der Waals surface area (Å²) in [6.07, 6.45) is 6.03. The highest BCUT2D eigenvalue weighted by Gasteiger charge is 2.28. The number of carbonyl (C=O) groups is 2. The van der Waals surface area contributed by atoms with Crippen molar-refractivity contribution in [3.05, 3.63) is 35.0 Å². The van der Waals surface area contributed by atoms with Gasteiger partial charge in [-0.15, -0.1) is 0 Å². The largest absolute Gasteiger partial charge is 0.481 e. The number of thioether (sulfide) groups is 1. The molecule has 2 N–H and O–H groups in total. The van der Waals surface area contributed by atoms with Gasteiger partial charge in [0.25, 0.3) is 0 Å². The first-order chi connectivity index (χ1) is 18.4. The molecule has 0 saturated carbocycles. The second kappa shape index (κ2) is 12.8. The van der Waals surface area contributed by atoms with E-state index < -0.39 is 0 Å². The Bertz CT molecular complexity index is 1220. The molecule has 12 heteroatoms. The Morgan fingerprint density at radius 1 is 1.29 bits per heavy atom. The molecule has 2 aliphatic heterocycles. The first-order valence-electron chi connectivity index (χ1n) is 12.7. The molecule has 2 aromatic rings. The second-order valence-electron chi connectivity index (χ2n) is 9.38. The van der Waals surface area contributed by atoms with Gasteiger partial charge in [0.1, 0.15) is 17.7 Å². The van der Waals surface area contributed by atoms with Gasteiger partial charge in [-0.2, -0.15) is 22.0 Å². The average Bonchev–Trinajstić information content (AvgIpc) is 2.92. The van der Waals surface area contributed by atoms with Crippen molar-refractivity contribution in [3.8, 4) is 11.9 Å². The summed E-state index contributed by atoms with van der Waals surface area (Å²) in [4.78, 5) is 40.2. The summed E-state index contributed by atoms with van der Waals surface area (Å²) < 4.78 is 5.58. The van der Waals surface area contributed by atoms with E-state index in [0.717, 1.165) is 49.2 Å². The highest BCUT2D eigenvalue weighted by molar-refractivity contribution is 7.98. The molecule has 2 aliphatic rings. The lowest BCUT2D eigenvalue weighted by molar-refractivity contribution is -0.136. The zero-order chi connectivity index (χ0) is 27.1. The monoisotopic (exact) mass is 538 g/mol. The Labute approximate surface area is 227 Å². The van der Waals surface area contributed by atoms with E-state index in [1.54, 1.807) is 29.8 Å². The third-order valence-corrected chi connectivity index (χ3v) is 7.31. The van der Waals surface area contributed by atoms with E-state index in [1.807, 2.05) is 22.9 Å². The molecule has 11 nitrogen and oxygen atoms in total. The van der Waals surface area contributed by atoms with Crippen molar-refractivity contribution in [2.24, 2.45) is 0 Å². The van der Waals surface area contributed by atoms with Gasteiger partial charge in [-0.3, -0.25) is 19.9 Å². The van der Waals surface area contributed by atoms with E-state index in [-0.39, 0.29) is 11.9 Å². The Balaban J connectivity index is 1.51. The van der Waals surface area contributed by atoms with E-state index in [2.05, 4.69) is 27.9 Å². The number of anilines is 3. The fraction of sp³-hybridized carbons (Fsp3) is 0.500. The molecule has 0 atom stereocenters. The van der Waals surface area contributed by atoms with Crippen molar-refractivity contribution < 1.29 is 14.3 Å². The number of urea groups is 1. The number of hydrogen-bond donors (Lipinski definition) is 2. The van der Waals surface area contributed by atoms with Crippen molar-refractivity contribution in [2.75, 3.05) is 74.4 Å². The molecule has 4 rings (SSSR count). The number of piperazine rings is 1. The van der Waals surface area contributed by atoms with Crippen molar-refractivity contribution in [1.82, 2.24) is 19.8 Å². The van der Waals surface area contributed by atoms with E-state index in [0.29, 0.717) is 54.9 Å². The van der Waals surface area contributed by atoms with Gasteiger partial charge >= 0.3 is 6.03 Å². The van der Waals surface area contributed by atoms with Crippen LogP contribution in [0.2, 0.25) is 0 Å². The van der Waals surface area contributed by atoms with Gasteiger partial charge < -0.3 is 15.0 Å². The molecule has 1 fully saturated rings. The molecule has 0 aromatic carbocycles. The van der Waals surface area contributed by atoms with E-state index in [9.17, 15) is 14.9 Å².